The molecule has 0 bridgehead atoms. The Balaban J connectivity index is 0.00000200. The molecule has 0 saturated carbocycles. The van der Waals surface area contributed by atoms with Gasteiger partial charge in [0.25, 0.3) is 0 Å². The molecular formula is C15H14NNdNiS2. The number of nitrogens with zero attached hydrogens (tertiary/aromatic N) is 1. The van der Waals surface area contributed by atoms with Gasteiger partial charge in [0.05, 0.1) is 0 Å². The van der Waals surface area contributed by atoms with E-state index in [0.717, 1.165) is 10.1 Å². The molecule has 0 heterocycles. The third-order valence-electron chi connectivity index (χ3n) is 2.55. The molecule has 0 amide bonds. The van der Waals surface area contributed by atoms with E-state index < -0.39 is 0 Å². The normalized spacial score (nSPS) is 9.70. The summed E-state index contributed by atoms with van der Waals surface area (Å²) in [6.07, 6.45) is 0. The second-order valence-electron chi connectivity index (χ2n) is 4.01. The summed E-state index contributed by atoms with van der Waals surface area (Å²) in [5, 5.41) is 0. The Kier molecular flexibility index (Phi) is 9.55. The van der Waals surface area contributed by atoms with Crippen LogP contribution in [0.15, 0.2) is 60.7 Å². The molecule has 0 spiro atoms. The SMILES string of the molecule is S=C(SCc1ccccc1)[N]([Ni])Cc1ccccc1.[Nd]. The molecule has 0 aromatic heterocycles. The summed E-state index contributed by atoms with van der Waals surface area (Å²) >= 11 is 12.0. The summed E-state index contributed by atoms with van der Waals surface area (Å²) < 4.78 is 2.52. The molecule has 0 atom stereocenters. The van der Waals surface area contributed by atoms with Gasteiger partial charge in [0, 0.05) is 40.8 Å². The Hall–Kier alpha value is 0.524. The van der Waals surface area contributed by atoms with Crippen molar-refractivity contribution >= 4 is 28.3 Å². The Bertz CT molecular complexity index is 522. The van der Waals surface area contributed by atoms with Crippen molar-refractivity contribution in [3.63, 3.8) is 0 Å². The number of hydrogen-bond acceptors (Lipinski definition) is 2. The molecule has 0 aliphatic heterocycles. The second-order valence-corrected chi connectivity index (χ2v) is 6.16. The van der Waals surface area contributed by atoms with Crippen molar-refractivity contribution in [3.8, 4) is 0 Å². The molecule has 2 rings (SSSR count). The van der Waals surface area contributed by atoms with E-state index >= 15 is 0 Å². The largest absolute Gasteiger partial charge is 0 e. The van der Waals surface area contributed by atoms with Crippen LogP contribution in [-0.2, 0) is 28.0 Å². The Labute approximate surface area is 171 Å². The van der Waals surface area contributed by atoms with E-state index in [9.17, 15) is 0 Å². The van der Waals surface area contributed by atoms with Crippen molar-refractivity contribution in [1.82, 2.24) is 3.98 Å². The maximum atomic E-state index is 5.37. The van der Waals surface area contributed by atoms with Crippen LogP contribution in [0.4, 0.5) is 0 Å². The van der Waals surface area contributed by atoms with Crippen LogP contribution >= 0.6 is 24.0 Å². The van der Waals surface area contributed by atoms with Crippen molar-refractivity contribution in [1.29, 1.82) is 0 Å². The quantitative estimate of drug-likeness (QED) is 0.483. The second kappa shape index (κ2) is 10.3. The summed E-state index contributed by atoms with van der Waals surface area (Å²) in [4.78, 5) is 0. The van der Waals surface area contributed by atoms with Crippen LogP contribution in [0.2, 0.25) is 0 Å². The van der Waals surface area contributed by atoms with Crippen LogP contribution in [0.5, 0.6) is 0 Å². The standard InChI is InChI=1S/C15H15NS2.Nd.Ni/c17-15(16-11-13-7-3-1-4-8-13)18-12-14-9-5-2-6-10-14;;/h1-10H,11-12H2,(H,16,17);;/q;;+1/p-1. The third kappa shape index (κ3) is 6.53. The number of rotatable bonds is 4. The minimum atomic E-state index is 0. The predicted octanol–water partition coefficient (Wildman–Crippen LogP) is 4.17. The topological polar surface area (TPSA) is 3.24 Å². The summed E-state index contributed by atoms with van der Waals surface area (Å²) in [5.74, 6) is 0.869. The summed E-state index contributed by atoms with van der Waals surface area (Å²) in [7, 11) is 0. The monoisotopic (exact) mass is 472 g/mol. The molecule has 0 aliphatic carbocycles. The molecule has 5 heteroatoms. The van der Waals surface area contributed by atoms with Gasteiger partial charge >= 0.3 is 132 Å². The number of hydrogen-bond donors (Lipinski definition) is 0. The molecule has 0 radical (unpaired) electrons. The first-order valence-electron chi connectivity index (χ1n) is 5.91. The van der Waals surface area contributed by atoms with E-state index in [1.54, 1.807) is 15.7 Å². The molecule has 0 aliphatic rings. The molecule has 2 aromatic rings. The van der Waals surface area contributed by atoms with Crippen LogP contribution in [0.3, 0.4) is 0 Å². The summed E-state index contributed by atoms with van der Waals surface area (Å²) in [6, 6.07) is 20.5. The summed E-state index contributed by atoms with van der Waals surface area (Å²) in [5.41, 5.74) is 2.46. The van der Waals surface area contributed by atoms with Crippen molar-refractivity contribution in [2.75, 3.05) is 0 Å². The van der Waals surface area contributed by atoms with Gasteiger partial charge in [-0.05, 0) is 0 Å². The van der Waals surface area contributed by atoms with Gasteiger partial charge in [0.1, 0.15) is 0 Å². The van der Waals surface area contributed by atoms with Gasteiger partial charge < -0.3 is 0 Å². The van der Waals surface area contributed by atoms with Gasteiger partial charge in [-0.25, -0.2) is 0 Å². The van der Waals surface area contributed by atoms with E-state index in [1.807, 2.05) is 36.4 Å². The molecule has 0 saturated heterocycles. The zero-order chi connectivity index (χ0) is 13.5. The molecular weight excluding hydrogens is 461 g/mol. The molecule has 0 fully saturated rings. The summed E-state index contributed by atoms with van der Waals surface area (Å²) in [6.45, 7) is 0.696. The fourth-order valence-corrected chi connectivity index (χ4v) is 2.87. The Morgan fingerprint density at radius 1 is 0.950 bits per heavy atom. The molecule has 1 nitrogen and oxygen atoms in total. The van der Waals surface area contributed by atoms with Crippen molar-refractivity contribution in [2.45, 2.75) is 12.3 Å². The first kappa shape index (κ1) is 18.6. The minimum Gasteiger partial charge on any atom is 0 e. The van der Waals surface area contributed by atoms with E-state index in [1.165, 1.54) is 11.1 Å². The zero-order valence-electron chi connectivity index (χ0n) is 10.8. The van der Waals surface area contributed by atoms with Gasteiger partial charge in [-0.15, -0.1) is 0 Å². The maximum absolute atomic E-state index is 5.37. The van der Waals surface area contributed by atoms with Crippen LogP contribution in [0.1, 0.15) is 11.1 Å². The van der Waals surface area contributed by atoms with Crippen LogP contribution in [0.25, 0.3) is 0 Å². The van der Waals surface area contributed by atoms with Crippen LogP contribution in [0, 0.1) is 40.8 Å². The molecule has 0 N–H and O–H groups in total. The average Bonchev–Trinajstić information content (AvgIpc) is 2.47. The van der Waals surface area contributed by atoms with E-state index in [-0.39, 0.29) is 40.8 Å². The van der Waals surface area contributed by atoms with Crippen LogP contribution in [-0.4, -0.2) is 8.30 Å². The number of thioether (sulfide) groups is 1. The van der Waals surface area contributed by atoms with E-state index in [4.69, 9.17) is 27.9 Å². The Morgan fingerprint density at radius 2 is 1.45 bits per heavy atom. The molecule has 0 unspecified atom stereocenters. The van der Waals surface area contributed by atoms with E-state index in [2.05, 4.69) is 24.3 Å². The number of benzene rings is 2. The maximum Gasteiger partial charge on any atom is 0 e. The first-order chi connectivity index (χ1) is 9.25. The minimum absolute atomic E-state index is 0. The molecule has 105 valence electrons. The smallest absolute Gasteiger partial charge is 0 e. The zero-order valence-corrected chi connectivity index (χ0v) is 16.6. The van der Waals surface area contributed by atoms with E-state index in [0.29, 0.717) is 6.54 Å². The van der Waals surface area contributed by atoms with Gasteiger partial charge in [-0.1, -0.05) is 0 Å². The third-order valence-corrected chi connectivity index (χ3v) is 4.70. The average molecular weight is 475 g/mol. The number of thiocarbonyl (C=S) groups is 1. The van der Waals surface area contributed by atoms with Crippen molar-refractivity contribution < 1.29 is 56.5 Å². The van der Waals surface area contributed by atoms with Gasteiger partial charge in [-0.3, -0.25) is 0 Å². The van der Waals surface area contributed by atoms with Crippen molar-refractivity contribution in [2.24, 2.45) is 0 Å². The Morgan fingerprint density at radius 3 is 2.00 bits per heavy atom. The molecule has 2 aromatic carbocycles. The van der Waals surface area contributed by atoms with Crippen LogP contribution < -0.4 is 0 Å². The molecule has 20 heavy (non-hydrogen) atoms. The first-order valence-corrected chi connectivity index (χ1v) is 7.74. The van der Waals surface area contributed by atoms with Gasteiger partial charge in [0.15, 0.2) is 0 Å². The fourth-order valence-electron chi connectivity index (χ4n) is 1.58. The van der Waals surface area contributed by atoms with Gasteiger partial charge in [0.2, 0.25) is 0 Å². The predicted molar refractivity (Wildman–Crippen MR) is 82.3 cm³/mol. The van der Waals surface area contributed by atoms with Crippen molar-refractivity contribution in [3.05, 3.63) is 71.8 Å². The fraction of sp³-hybridized carbons (Fsp3) is 0.133. The van der Waals surface area contributed by atoms with Gasteiger partial charge in [-0.2, -0.15) is 0 Å².